The number of anilines is 1. The summed E-state index contributed by atoms with van der Waals surface area (Å²) in [5.41, 5.74) is 8.63. The molecular weight excluding hydrogens is 200 g/mol. The van der Waals surface area contributed by atoms with Crippen LogP contribution < -0.4 is 11.1 Å². The van der Waals surface area contributed by atoms with Gasteiger partial charge in [-0.2, -0.15) is 0 Å². The highest BCUT2D eigenvalue weighted by Crippen LogP contribution is 2.32. The minimum Gasteiger partial charge on any atom is -0.329 e. The zero-order chi connectivity index (χ0) is 9.42. The number of aryl methyl sites for hydroxylation is 1. The Balaban J connectivity index is 0.000000980. The number of rotatable bonds is 1. The second-order valence-electron chi connectivity index (χ2n) is 3.37. The molecule has 1 unspecified atom stereocenters. The first-order valence-electron chi connectivity index (χ1n) is 4.34. The van der Waals surface area contributed by atoms with Gasteiger partial charge in [-0.1, -0.05) is 17.7 Å². The quantitative estimate of drug-likeness (QED) is 0.740. The Bertz CT molecular complexity index is 365. The number of halogens is 1. The van der Waals surface area contributed by atoms with E-state index in [1.54, 1.807) is 0 Å². The van der Waals surface area contributed by atoms with E-state index in [2.05, 4.69) is 5.32 Å². The summed E-state index contributed by atoms with van der Waals surface area (Å²) in [5.74, 6) is -0.141. The molecule has 1 atom stereocenters. The van der Waals surface area contributed by atoms with E-state index in [9.17, 15) is 4.79 Å². The first kappa shape index (κ1) is 11.0. The van der Waals surface area contributed by atoms with E-state index >= 15 is 0 Å². The van der Waals surface area contributed by atoms with E-state index in [1.165, 1.54) is 0 Å². The van der Waals surface area contributed by atoms with Gasteiger partial charge in [-0.3, -0.25) is 4.79 Å². The lowest BCUT2D eigenvalue weighted by atomic mass is 9.99. The van der Waals surface area contributed by atoms with Crippen molar-refractivity contribution in [2.75, 3.05) is 11.9 Å². The number of fused-ring (bicyclic) bond motifs is 1. The van der Waals surface area contributed by atoms with Gasteiger partial charge >= 0.3 is 0 Å². The Morgan fingerprint density at radius 3 is 2.86 bits per heavy atom. The Morgan fingerprint density at radius 1 is 1.50 bits per heavy atom. The zero-order valence-electron chi connectivity index (χ0n) is 7.91. The molecule has 0 aromatic heterocycles. The summed E-state index contributed by atoms with van der Waals surface area (Å²) >= 11 is 0. The van der Waals surface area contributed by atoms with Gasteiger partial charge in [0.25, 0.3) is 0 Å². The van der Waals surface area contributed by atoms with Gasteiger partial charge in [0.15, 0.2) is 0 Å². The van der Waals surface area contributed by atoms with Gasteiger partial charge < -0.3 is 11.1 Å². The van der Waals surface area contributed by atoms with Crippen molar-refractivity contribution in [1.82, 2.24) is 0 Å². The summed E-state index contributed by atoms with van der Waals surface area (Å²) in [6.07, 6.45) is 0. The van der Waals surface area contributed by atoms with E-state index in [1.807, 2.05) is 25.1 Å². The van der Waals surface area contributed by atoms with Crippen LogP contribution in [0.3, 0.4) is 0 Å². The third kappa shape index (κ3) is 1.61. The van der Waals surface area contributed by atoms with Crippen molar-refractivity contribution in [2.24, 2.45) is 5.73 Å². The van der Waals surface area contributed by atoms with Gasteiger partial charge in [-0.15, -0.1) is 12.4 Å². The first-order chi connectivity index (χ1) is 6.22. The molecule has 1 aromatic rings. The van der Waals surface area contributed by atoms with Crippen molar-refractivity contribution in [3.8, 4) is 0 Å². The molecule has 14 heavy (non-hydrogen) atoms. The Hall–Kier alpha value is -1.06. The Labute approximate surface area is 89.1 Å². The van der Waals surface area contributed by atoms with E-state index in [-0.39, 0.29) is 24.2 Å². The fourth-order valence-electron chi connectivity index (χ4n) is 1.68. The third-order valence-corrected chi connectivity index (χ3v) is 2.39. The van der Waals surface area contributed by atoms with Crippen molar-refractivity contribution < 1.29 is 4.79 Å². The lowest BCUT2D eigenvalue weighted by Gasteiger charge is -2.04. The molecular formula is C10H13ClN2O. The number of hydrogen-bond donors (Lipinski definition) is 2. The summed E-state index contributed by atoms with van der Waals surface area (Å²) < 4.78 is 0. The summed E-state index contributed by atoms with van der Waals surface area (Å²) in [5, 5.41) is 2.81. The van der Waals surface area contributed by atoms with Gasteiger partial charge in [-0.05, 0) is 18.6 Å². The predicted molar refractivity (Wildman–Crippen MR) is 58.9 cm³/mol. The highest BCUT2D eigenvalue weighted by Gasteiger charge is 2.28. The summed E-state index contributed by atoms with van der Waals surface area (Å²) in [6.45, 7) is 2.39. The monoisotopic (exact) mass is 212 g/mol. The molecule has 2 rings (SSSR count). The number of benzene rings is 1. The SMILES string of the molecule is Cc1ccc2c(c1)C(CN)C(=O)N2.Cl. The molecule has 1 aliphatic heterocycles. The molecule has 1 aliphatic rings. The van der Waals surface area contributed by atoms with Crippen LogP contribution in [0.4, 0.5) is 5.69 Å². The number of carbonyl (C=O) groups is 1. The number of carbonyl (C=O) groups excluding carboxylic acids is 1. The summed E-state index contributed by atoms with van der Waals surface area (Å²) in [4.78, 5) is 11.4. The number of nitrogens with two attached hydrogens (primary N) is 1. The minimum atomic E-state index is -0.158. The standard InChI is InChI=1S/C10H12N2O.ClH/c1-6-2-3-9-7(4-6)8(5-11)10(13)12-9;/h2-4,8H,5,11H2,1H3,(H,12,13);1H. The maximum atomic E-state index is 11.4. The highest BCUT2D eigenvalue weighted by atomic mass is 35.5. The van der Waals surface area contributed by atoms with Crippen LogP contribution in [0.1, 0.15) is 17.0 Å². The van der Waals surface area contributed by atoms with Crippen molar-refractivity contribution in [3.63, 3.8) is 0 Å². The van der Waals surface area contributed by atoms with Crippen LogP contribution in [0.5, 0.6) is 0 Å². The van der Waals surface area contributed by atoms with E-state index < -0.39 is 0 Å². The fraction of sp³-hybridized carbons (Fsp3) is 0.300. The molecule has 0 radical (unpaired) electrons. The van der Waals surface area contributed by atoms with Crippen LogP contribution in [-0.2, 0) is 4.79 Å². The second-order valence-corrected chi connectivity index (χ2v) is 3.37. The van der Waals surface area contributed by atoms with Crippen LogP contribution in [0.2, 0.25) is 0 Å². The maximum Gasteiger partial charge on any atom is 0.233 e. The fourth-order valence-corrected chi connectivity index (χ4v) is 1.68. The number of hydrogen-bond acceptors (Lipinski definition) is 2. The summed E-state index contributed by atoms with van der Waals surface area (Å²) in [7, 11) is 0. The lowest BCUT2D eigenvalue weighted by molar-refractivity contribution is -0.116. The molecule has 0 spiro atoms. The van der Waals surface area contributed by atoms with Crippen LogP contribution >= 0.6 is 12.4 Å². The Morgan fingerprint density at radius 2 is 2.21 bits per heavy atom. The normalized spacial score (nSPS) is 18.4. The molecule has 3 nitrogen and oxygen atoms in total. The molecule has 3 N–H and O–H groups in total. The van der Waals surface area contributed by atoms with Gasteiger partial charge in [0.05, 0.1) is 5.92 Å². The molecule has 1 amide bonds. The average molecular weight is 213 g/mol. The molecule has 0 saturated heterocycles. The van der Waals surface area contributed by atoms with Crippen molar-refractivity contribution in [3.05, 3.63) is 29.3 Å². The van der Waals surface area contributed by atoms with E-state index in [0.717, 1.165) is 16.8 Å². The highest BCUT2D eigenvalue weighted by molar-refractivity contribution is 6.03. The average Bonchev–Trinajstić information content (AvgIpc) is 2.40. The lowest BCUT2D eigenvalue weighted by Crippen LogP contribution is -2.20. The zero-order valence-corrected chi connectivity index (χ0v) is 8.73. The topological polar surface area (TPSA) is 55.1 Å². The Kier molecular flexibility index (Phi) is 3.13. The number of amides is 1. The van der Waals surface area contributed by atoms with Crippen LogP contribution in [0.25, 0.3) is 0 Å². The summed E-state index contributed by atoms with van der Waals surface area (Å²) in [6, 6.07) is 5.93. The molecule has 0 fully saturated rings. The van der Waals surface area contributed by atoms with Crippen LogP contribution in [0.15, 0.2) is 18.2 Å². The van der Waals surface area contributed by atoms with Crippen LogP contribution in [-0.4, -0.2) is 12.5 Å². The van der Waals surface area contributed by atoms with Crippen molar-refractivity contribution in [1.29, 1.82) is 0 Å². The molecule has 1 heterocycles. The largest absolute Gasteiger partial charge is 0.329 e. The van der Waals surface area contributed by atoms with Gasteiger partial charge in [0.1, 0.15) is 0 Å². The van der Waals surface area contributed by atoms with E-state index in [0.29, 0.717) is 6.54 Å². The van der Waals surface area contributed by atoms with Crippen LogP contribution in [0, 0.1) is 6.92 Å². The molecule has 4 heteroatoms. The van der Waals surface area contributed by atoms with Crippen molar-refractivity contribution in [2.45, 2.75) is 12.8 Å². The molecule has 0 saturated carbocycles. The first-order valence-corrected chi connectivity index (χ1v) is 4.34. The van der Waals surface area contributed by atoms with E-state index in [4.69, 9.17) is 5.73 Å². The van der Waals surface area contributed by atoms with Crippen molar-refractivity contribution >= 4 is 24.0 Å². The second kappa shape index (κ2) is 3.98. The minimum absolute atomic E-state index is 0. The third-order valence-electron chi connectivity index (χ3n) is 2.39. The molecule has 1 aromatic carbocycles. The number of nitrogens with one attached hydrogen (secondary N) is 1. The maximum absolute atomic E-state index is 11.4. The predicted octanol–water partition coefficient (Wildman–Crippen LogP) is 1.41. The smallest absolute Gasteiger partial charge is 0.233 e. The van der Waals surface area contributed by atoms with Gasteiger partial charge in [0, 0.05) is 12.2 Å². The van der Waals surface area contributed by atoms with Gasteiger partial charge in [0.2, 0.25) is 5.91 Å². The molecule has 0 bridgehead atoms. The molecule has 0 aliphatic carbocycles. The molecule has 76 valence electrons. The van der Waals surface area contributed by atoms with Gasteiger partial charge in [-0.25, -0.2) is 0 Å².